The van der Waals surface area contributed by atoms with Crippen molar-refractivity contribution in [3.05, 3.63) is 71.8 Å². The van der Waals surface area contributed by atoms with Gasteiger partial charge >= 0.3 is 5.97 Å². The third-order valence-corrected chi connectivity index (χ3v) is 5.20. The Labute approximate surface area is 154 Å². The fraction of sp³-hybridized carbons (Fsp3) is 0.409. The van der Waals surface area contributed by atoms with Crippen molar-refractivity contribution >= 4 is 5.97 Å². The first-order valence-corrected chi connectivity index (χ1v) is 9.16. The van der Waals surface area contributed by atoms with E-state index in [1.165, 1.54) is 0 Å². The molecule has 0 aromatic heterocycles. The van der Waals surface area contributed by atoms with E-state index in [1.807, 2.05) is 60.7 Å². The van der Waals surface area contributed by atoms with Crippen LogP contribution in [0.1, 0.15) is 30.4 Å². The van der Waals surface area contributed by atoms with Gasteiger partial charge in [0.25, 0.3) is 0 Å². The lowest BCUT2D eigenvalue weighted by Crippen LogP contribution is -2.16. The molecule has 0 heterocycles. The van der Waals surface area contributed by atoms with Crippen LogP contribution in [0.5, 0.6) is 0 Å². The summed E-state index contributed by atoms with van der Waals surface area (Å²) in [5.74, 6) is -0.959. The number of aliphatic carboxylic acids is 1. The van der Waals surface area contributed by atoms with Gasteiger partial charge in [0, 0.05) is 13.2 Å². The monoisotopic (exact) mass is 354 g/mol. The van der Waals surface area contributed by atoms with Gasteiger partial charge in [-0.15, -0.1) is 0 Å². The second kappa shape index (κ2) is 8.97. The summed E-state index contributed by atoms with van der Waals surface area (Å²) in [6.45, 7) is 2.30. The minimum atomic E-state index is -0.698. The summed E-state index contributed by atoms with van der Waals surface area (Å²) in [4.78, 5) is 11.4. The zero-order chi connectivity index (χ0) is 18.2. The normalized spacial score (nSPS) is 17.8. The van der Waals surface area contributed by atoms with E-state index in [-0.39, 0.29) is 11.3 Å². The maximum Gasteiger partial charge on any atom is 0.307 e. The van der Waals surface area contributed by atoms with Crippen LogP contribution >= 0.6 is 0 Å². The highest BCUT2D eigenvalue weighted by Crippen LogP contribution is 2.58. The van der Waals surface area contributed by atoms with Crippen molar-refractivity contribution in [2.45, 2.75) is 32.5 Å². The van der Waals surface area contributed by atoms with Crippen LogP contribution in [0.3, 0.4) is 0 Å². The molecule has 0 bridgehead atoms. The predicted octanol–water partition coefficient (Wildman–Crippen LogP) is 4.29. The third kappa shape index (κ3) is 5.16. The summed E-state index contributed by atoms with van der Waals surface area (Å²) in [5.41, 5.74) is 2.11. The van der Waals surface area contributed by atoms with E-state index in [1.54, 1.807) is 0 Å². The standard InChI is InChI=1S/C22H26O4/c23-21(24)20-15-22(20,11-13-25-16-18-7-3-1-4-8-18)12-14-26-17-19-9-5-2-6-10-19/h1-10,20H,11-17H2,(H,23,24). The summed E-state index contributed by atoms with van der Waals surface area (Å²) in [6, 6.07) is 20.1. The van der Waals surface area contributed by atoms with E-state index < -0.39 is 5.97 Å². The smallest absolute Gasteiger partial charge is 0.307 e. The molecule has 1 fully saturated rings. The number of ether oxygens (including phenoxy) is 2. The number of carboxylic acid groups (broad SMARTS) is 1. The molecule has 4 heteroatoms. The molecule has 1 unspecified atom stereocenters. The van der Waals surface area contributed by atoms with Gasteiger partial charge in [0.05, 0.1) is 19.1 Å². The van der Waals surface area contributed by atoms with Crippen LogP contribution < -0.4 is 0 Å². The third-order valence-electron chi connectivity index (χ3n) is 5.20. The van der Waals surface area contributed by atoms with Crippen molar-refractivity contribution in [3.63, 3.8) is 0 Å². The molecule has 1 atom stereocenters. The maximum atomic E-state index is 11.4. The van der Waals surface area contributed by atoms with Crippen molar-refractivity contribution in [2.24, 2.45) is 11.3 Å². The summed E-state index contributed by atoms with van der Waals surface area (Å²) in [5, 5.41) is 9.38. The Kier molecular flexibility index (Phi) is 6.42. The molecular formula is C22H26O4. The lowest BCUT2D eigenvalue weighted by atomic mass is 9.95. The van der Waals surface area contributed by atoms with Gasteiger partial charge in [-0.3, -0.25) is 4.79 Å². The summed E-state index contributed by atoms with van der Waals surface area (Å²) in [6.07, 6.45) is 2.27. The Bertz CT molecular complexity index is 636. The molecule has 1 saturated carbocycles. The van der Waals surface area contributed by atoms with Crippen LogP contribution in [0, 0.1) is 11.3 Å². The highest BCUT2D eigenvalue weighted by atomic mass is 16.5. The first kappa shape index (κ1) is 18.6. The highest BCUT2D eigenvalue weighted by molar-refractivity contribution is 5.74. The van der Waals surface area contributed by atoms with Crippen molar-refractivity contribution in [3.8, 4) is 0 Å². The molecule has 1 aliphatic rings. The first-order valence-electron chi connectivity index (χ1n) is 9.16. The molecule has 0 aliphatic heterocycles. The number of rotatable bonds is 11. The molecule has 1 N–H and O–H groups in total. The van der Waals surface area contributed by atoms with Crippen LogP contribution in [-0.4, -0.2) is 24.3 Å². The number of hydrogen-bond acceptors (Lipinski definition) is 3. The van der Waals surface area contributed by atoms with Crippen molar-refractivity contribution in [1.82, 2.24) is 0 Å². The molecule has 2 aromatic carbocycles. The molecular weight excluding hydrogens is 328 g/mol. The Morgan fingerprint density at radius 1 is 0.885 bits per heavy atom. The van der Waals surface area contributed by atoms with E-state index in [2.05, 4.69) is 0 Å². The van der Waals surface area contributed by atoms with Crippen LogP contribution in [0.4, 0.5) is 0 Å². The van der Waals surface area contributed by atoms with Crippen LogP contribution in [0.2, 0.25) is 0 Å². The molecule has 3 rings (SSSR count). The molecule has 0 radical (unpaired) electrons. The van der Waals surface area contributed by atoms with Crippen molar-refractivity contribution in [1.29, 1.82) is 0 Å². The Morgan fingerprint density at radius 2 is 1.35 bits per heavy atom. The average molecular weight is 354 g/mol. The van der Waals surface area contributed by atoms with Crippen molar-refractivity contribution < 1.29 is 19.4 Å². The lowest BCUT2D eigenvalue weighted by molar-refractivity contribution is -0.139. The zero-order valence-electron chi connectivity index (χ0n) is 15.0. The lowest BCUT2D eigenvalue weighted by Gasteiger charge is -2.17. The van der Waals surface area contributed by atoms with Crippen LogP contribution in [0.15, 0.2) is 60.7 Å². The summed E-state index contributed by atoms with van der Waals surface area (Å²) < 4.78 is 11.5. The Hall–Kier alpha value is -2.17. The first-order chi connectivity index (χ1) is 12.7. The molecule has 0 saturated heterocycles. The fourth-order valence-electron chi connectivity index (χ4n) is 3.45. The molecule has 2 aromatic rings. The predicted molar refractivity (Wildman–Crippen MR) is 99.6 cm³/mol. The van der Waals surface area contributed by atoms with Gasteiger partial charge in [0.2, 0.25) is 0 Å². The molecule has 0 spiro atoms. The molecule has 138 valence electrons. The fourth-order valence-corrected chi connectivity index (χ4v) is 3.45. The van der Waals surface area contributed by atoms with Crippen LogP contribution in [-0.2, 0) is 27.5 Å². The topological polar surface area (TPSA) is 55.8 Å². The number of carboxylic acids is 1. The van der Waals surface area contributed by atoms with E-state index in [0.29, 0.717) is 26.4 Å². The maximum absolute atomic E-state index is 11.4. The van der Waals surface area contributed by atoms with Gasteiger partial charge in [-0.1, -0.05) is 60.7 Å². The Morgan fingerprint density at radius 3 is 1.73 bits per heavy atom. The SMILES string of the molecule is O=C(O)C1CC1(CCOCc1ccccc1)CCOCc1ccccc1. The van der Waals surface area contributed by atoms with Gasteiger partial charge in [-0.05, 0) is 35.8 Å². The van der Waals surface area contributed by atoms with Gasteiger partial charge < -0.3 is 14.6 Å². The van der Waals surface area contributed by atoms with Gasteiger partial charge in [-0.25, -0.2) is 0 Å². The van der Waals surface area contributed by atoms with Gasteiger partial charge in [0.15, 0.2) is 0 Å². The summed E-state index contributed by atoms with van der Waals surface area (Å²) in [7, 11) is 0. The second-order valence-corrected chi connectivity index (χ2v) is 7.03. The van der Waals surface area contributed by atoms with Crippen molar-refractivity contribution in [2.75, 3.05) is 13.2 Å². The van der Waals surface area contributed by atoms with Gasteiger partial charge in [-0.2, -0.15) is 0 Å². The van der Waals surface area contributed by atoms with Gasteiger partial charge in [0.1, 0.15) is 0 Å². The van der Waals surface area contributed by atoms with Crippen LogP contribution in [0.25, 0.3) is 0 Å². The largest absolute Gasteiger partial charge is 0.481 e. The van der Waals surface area contributed by atoms with E-state index in [0.717, 1.165) is 30.4 Å². The second-order valence-electron chi connectivity index (χ2n) is 7.03. The molecule has 26 heavy (non-hydrogen) atoms. The quantitative estimate of drug-likeness (QED) is 0.612. The number of hydrogen-bond donors (Lipinski definition) is 1. The molecule has 1 aliphatic carbocycles. The summed E-state index contributed by atoms with van der Waals surface area (Å²) >= 11 is 0. The van der Waals surface area contributed by atoms with E-state index >= 15 is 0 Å². The molecule has 0 amide bonds. The number of benzene rings is 2. The number of carbonyl (C=O) groups is 1. The van der Waals surface area contributed by atoms with E-state index in [9.17, 15) is 9.90 Å². The minimum absolute atomic E-state index is 0.167. The minimum Gasteiger partial charge on any atom is -0.481 e. The van der Waals surface area contributed by atoms with E-state index in [4.69, 9.17) is 9.47 Å². The molecule has 4 nitrogen and oxygen atoms in total. The Balaban J connectivity index is 1.41. The zero-order valence-corrected chi connectivity index (χ0v) is 15.0. The average Bonchev–Trinajstić information content (AvgIpc) is 3.39. The highest BCUT2D eigenvalue weighted by Gasteiger charge is 2.57.